The fraction of sp³-hybridized carbons (Fsp3) is 0.294. The maximum Gasteiger partial charge on any atom is 0.261 e. The standard InChI is InChI=1S/C17H21N3O6S3/c1-20(2)29(25,26)17-11-9-16(10-12-17)28(23,24)19-14-5-7-15(8-6-14)27(21,22)18-13-3-4-13/h5-13,18-19H,3-4H2,1-2H3. The van der Waals surface area contributed by atoms with E-state index in [0.29, 0.717) is 0 Å². The van der Waals surface area contributed by atoms with Crippen molar-refractivity contribution in [2.75, 3.05) is 18.8 Å². The molecule has 2 aromatic carbocycles. The summed E-state index contributed by atoms with van der Waals surface area (Å²) < 4.78 is 79.4. The third-order valence-corrected chi connectivity index (χ3v) is 8.99. The minimum absolute atomic E-state index is 0.0285. The molecule has 0 saturated heterocycles. The van der Waals surface area contributed by atoms with E-state index in [1.54, 1.807) is 0 Å². The van der Waals surface area contributed by atoms with Crippen LogP contribution >= 0.6 is 0 Å². The van der Waals surface area contributed by atoms with Gasteiger partial charge >= 0.3 is 0 Å². The molecular formula is C17H21N3O6S3. The average Bonchev–Trinajstić information content (AvgIpc) is 3.45. The number of anilines is 1. The Morgan fingerprint density at radius 1 is 0.724 bits per heavy atom. The highest BCUT2D eigenvalue weighted by atomic mass is 32.2. The van der Waals surface area contributed by atoms with Gasteiger partial charge in [-0.15, -0.1) is 0 Å². The fourth-order valence-electron chi connectivity index (χ4n) is 2.41. The molecule has 0 radical (unpaired) electrons. The first-order valence-electron chi connectivity index (χ1n) is 8.60. The normalized spacial score (nSPS) is 15.4. The smallest absolute Gasteiger partial charge is 0.261 e. The second-order valence-corrected chi connectivity index (χ2v) is 12.3. The van der Waals surface area contributed by atoms with Gasteiger partial charge in [0, 0.05) is 25.8 Å². The van der Waals surface area contributed by atoms with E-state index in [-0.39, 0.29) is 26.4 Å². The molecule has 2 N–H and O–H groups in total. The summed E-state index contributed by atoms with van der Waals surface area (Å²) in [5.74, 6) is 0. The van der Waals surface area contributed by atoms with Crippen LogP contribution in [0.3, 0.4) is 0 Å². The molecule has 2 aromatic rings. The lowest BCUT2D eigenvalue weighted by Gasteiger charge is -2.12. The lowest BCUT2D eigenvalue weighted by Crippen LogP contribution is -2.25. The van der Waals surface area contributed by atoms with Gasteiger partial charge in [0.15, 0.2) is 0 Å². The van der Waals surface area contributed by atoms with Gasteiger partial charge in [-0.3, -0.25) is 4.72 Å². The van der Waals surface area contributed by atoms with Gasteiger partial charge in [-0.05, 0) is 61.4 Å². The highest BCUT2D eigenvalue weighted by Crippen LogP contribution is 2.24. The van der Waals surface area contributed by atoms with Crippen molar-refractivity contribution in [2.24, 2.45) is 0 Å². The number of hydrogen-bond acceptors (Lipinski definition) is 6. The Kier molecular flexibility index (Phi) is 5.75. The Morgan fingerprint density at radius 3 is 1.66 bits per heavy atom. The molecular weight excluding hydrogens is 438 g/mol. The lowest BCUT2D eigenvalue weighted by molar-refractivity contribution is 0.520. The third-order valence-electron chi connectivity index (χ3n) is 4.23. The summed E-state index contributed by atoms with van der Waals surface area (Å²) >= 11 is 0. The van der Waals surface area contributed by atoms with Gasteiger partial charge in [0.1, 0.15) is 0 Å². The monoisotopic (exact) mass is 459 g/mol. The van der Waals surface area contributed by atoms with Crippen LogP contribution in [-0.2, 0) is 30.1 Å². The van der Waals surface area contributed by atoms with E-state index in [1.807, 2.05) is 0 Å². The molecule has 0 heterocycles. The zero-order valence-electron chi connectivity index (χ0n) is 15.7. The number of rotatable bonds is 8. The molecule has 1 fully saturated rings. The number of hydrogen-bond donors (Lipinski definition) is 2. The molecule has 0 aliphatic heterocycles. The van der Waals surface area contributed by atoms with Crippen molar-refractivity contribution in [3.63, 3.8) is 0 Å². The van der Waals surface area contributed by atoms with Crippen molar-refractivity contribution in [1.82, 2.24) is 9.03 Å². The van der Waals surface area contributed by atoms with Gasteiger partial charge in [-0.2, -0.15) is 0 Å². The number of nitrogens with zero attached hydrogens (tertiary/aromatic N) is 1. The second kappa shape index (κ2) is 7.69. The zero-order chi connectivity index (χ0) is 21.4. The lowest BCUT2D eigenvalue weighted by atomic mass is 10.3. The Morgan fingerprint density at radius 2 is 1.17 bits per heavy atom. The summed E-state index contributed by atoms with van der Waals surface area (Å²) in [6.45, 7) is 0. The molecule has 29 heavy (non-hydrogen) atoms. The van der Waals surface area contributed by atoms with Crippen molar-refractivity contribution >= 4 is 35.8 Å². The first-order valence-corrected chi connectivity index (χ1v) is 13.0. The Balaban J connectivity index is 1.77. The van der Waals surface area contributed by atoms with Crippen LogP contribution in [0.4, 0.5) is 5.69 Å². The quantitative estimate of drug-likeness (QED) is 0.610. The van der Waals surface area contributed by atoms with E-state index in [0.717, 1.165) is 17.1 Å². The molecule has 0 spiro atoms. The Bertz CT molecular complexity index is 1200. The minimum atomic E-state index is -3.98. The zero-order valence-corrected chi connectivity index (χ0v) is 18.2. The van der Waals surface area contributed by atoms with Gasteiger partial charge < -0.3 is 0 Å². The number of nitrogens with one attached hydrogen (secondary N) is 2. The second-order valence-electron chi connectivity index (χ2n) is 6.78. The van der Waals surface area contributed by atoms with Crippen LogP contribution in [0.25, 0.3) is 0 Å². The molecule has 1 aliphatic rings. The van der Waals surface area contributed by atoms with Crippen LogP contribution in [0, 0.1) is 0 Å². The van der Waals surface area contributed by atoms with Crippen molar-refractivity contribution in [3.05, 3.63) is 48.5 Å². The van der Waals surface area contributed by atoms with E-state index in [9.17, 15) is 25.3 Å². The first-order chi connectivity index (χ1) is 13.4. The highest BCUT2D eigenvalue weighted by Gasteiger charge is 2.28. The predicted octanol–water partition coefficient (Wildman–Crippen LogP) is 1.18. The van der Waals surface area contributed by atoms with Gasteiger partial charge in [0.05, 0.1) is 14.7 Å². The van der Waals surface area contributed by atoms with E-state index in [1.165, 1.54) is 62.6 Å². The molecule has 0 bridgehead atoms. The topological polar surface area (TPSA) is 130 Å². The van der Waals surface area contributed by atoms with Crippen molar-refractivity contribution in [3.8, 4) is 0 Å². The first kappa shape index (κ1) is 21.7. The van der Waals surface area contributed by atoms with Gasteiger partial charge in [0.2, 0.25) is 20.0 Å². The van der Waals surface area contributed by atoms with Crippen LogP contribution < -0.4 is 9.44 Å². The van der Waals surface area contributed by atoms with E-state index in [4.69, 9.17) is 0 Å². The van der Waals surface area contributed by atoms with Gasteiger partial charge in [-0.1, -0.05) is 0 Å². The minimum Gasteiger partial charge on any atom is -0.280 e. The Hall–Kier alpha value is -1.99. The maximum atomic E-state index is 12.5. The van der Waals surface area contributed by atoms with E-state index >= 15 is 0 Å². The van der Waals surface area contributed by atoms with Gasteiger partial charge in [0.25, 0.3) is 10.0 Å². The molecule has 12 heteroatoms. The van der Waals surface area contributed by atoms with Crippen LogP contribution in [0.1, 0.15) is 12.8 Å². The molecule has 9 nitrogen and oxygen atoms in total. The predicted molar refractivity (Wildman–Crippen MR) is 108 cm³/mol. The summed E-state index contributed by atoms with van der Waals surface area (Å²) in [6, 6.07) is 10.1. The molecule has 0 unspecified atom stereocenters. The van der Waals surface area contributed by atoms with Crippen LogP contribution in [0.15, 0.2) is 63.2 Å². The van der Waals surface area contributed by atoms with Crippen LogP contribution in [-0.4, -0.2) is 49.7 Å². The summed E-state index contributed by atoms with van der Waals surface area (Å²) in [6.07, 6.45) is 1.62. The molecule has 0 amide bonds. The average molecular weight is 460 g/mol. The summed E-state index contributed by atoms with van der Waals surface area (Å²) in [5.41, 5.74) is 0.181. The fourth-order valence-corrected chi connectivity index (χ4v) is 5.67. The molecule has 0 aromatic heterocycles. The van der Waals surface area contributed by atoms with Crippen molar-refractivity contribution < 1.29 is 25.3 Å². The molecule has 1 aliphatic carbocycles. The number of sulfonamides is 3. The SMILES string of the molecule is CN(C)S(=O)(=O)c1ccc(S(=O)(=O)Nc2ccc(S(=O)(=O)NC3CC3)cc2)cc1. The molecule has 3 rings (SSSR count). The van der Waals surface area contributed by atoms with Gasteiger partial charge in [-0.25, -0.2) is 34.3 Å². The Labute approximate surface area is 170 Å². The molecule has 158 valence electrons. The van der Waals surface area contributed by atoms with E-state index < -0.39 is 30.1 Å². The summed E-state index contributed by atoms with van der Waals surface area (Å²) in [7, 11) is -8.51. The molecule has 1 saturated carbocycles. The molecule has 0 atom stereocenters. The number of benzene rings is 2. The largest absolute Gasteiger partial charge is 0.280 e. The van der Waals surface area contributed by atoms with E-state index in [2.05, 4.69) is 9.44 Å². The van der Waals surface area contributed by atoms with Crippen molar-refractivity contribution in [2.45, 2.75) is 33.6 Å². The van der Waals surface area contributed by atoms with Crippen LogP contribution in [0.5, 0.6) is 0 Å². The van der Waals surface area contributed by atoms with Crippen molar-refractivity contribution in [1.29, 1.82) is 0 Å². The maximum absolute atomic E-state index is 12.5. The summed E-state index contributed by atoms with van der Waals surface area (Å²) in [5, 5.41) is 0. The third kappa shape index (κ3) is 4.95. The van der Waals surface area contributed by atoms with Crippen LogP contribution in [0.2, 0.25) is 0 Å². The summed E-state index contributed by atoms with van der Waals surface area (Å²) in [4.78, 5) is -0.105. The highest BCUT2D eigenvalue weighted by molar-refractivity contribution is 7.92.